The van der Waals surface area contributed by atoms with Crippen LogP contribution in [0.25, 0.3) is 0 Å². The van der Waals surface area contributed by atoms with E-state index >= 15 is 0 Å². The number of rotatable bonds is 5. The first-order chi connectivity index (χ1) is 8.67. The van der Waals surface area contributed by atoms with Crippen molar-refractivity contribution in [3.8, 4) is 0 Å². The topological polar surface area (TPSA) is 12.0 Å². The van der Waals surface area contributed by atoms with Crippen molar-refractivity contribution in [2.24, 2.45) is 5.92 Å². The Morgan fingerprint density at radius 2 is 2.17 bits per heavy atom. The average Bonchev–Trinajstić information content (AvgIpc) is 2.31. The summed E-state index contributed by atoms with van der Waals surface area (Å²) in [7, 11) is 0. The maximum Gasteiger partial charge on any atom is 0.127 e. The van der Waals surface area contributed by atoms with Crippen molar-refractivity contribution < 1.29 is 4.39 Å². The molecule has 0 amide bonds. The quantitative estimate of drug-likeness (QED) is 0.845. The van der Waals surface area contributed by atoms with Gasteiger partial charge in [-0.3, -0.25) is 0 Å². The van der Waals surface area contributed by atoms with Crippen molar-refractivity contribution in [2.75, 3.05) is 6.54 Å². The van der Waals surface area contributed by atoms with Gasteiger partial charge in [-0.1, -0.05) is 42.3 Å². The third-order valence-corrected chi connectivity index (χ3v) is 4.52. The fourth-order valence-electron chi connectivity index (χ4n) is 3.00. The Bertz CT molecular complexity index is 407. The summed E-state index contributed by atoms with van der Waals surface area (Å²) in [6, 6.07) is 6.03. The number of nitrogens with one attached hydrogen (secondary N) is 1. The second kappa shape index (κ2) is 6.16. The second-order valence-electron chi connectivity index (χ2n) is 5.14. The SMILES string of the molecule is CCCNC1CC(c2ccc(Br)cc2F)C1CC. The van der Waals surface area contributed by atoms with Gasteiger partial charge in [0.1, 0.15) is 5.82 Å². The van der Waals surface area contributed by atoms with Crippen LogP contribution in [0.1, 0.15) is 44.6 Å². The Hall–Kier alpha value is -0.410. The predicted molar refractivity (Wildman–Crippen MR) is 77.3 cm³/mol. The molecule has 0 saturated heterocycles. The fourth-order valence-corrected chi connectivity index (χ4v) is 3.33. The van der Waals surface area contributed by atoms with Crippen LogP contribution in [0, 0.1) is 11.7 Å². The average molecular weight is 314 g/mol. The molecule has 18 heavy (non-hydrogen) atoms. The minimum absolute atomic E-state index is 0.0678. The van der Waals surface area contributed by atoms with Crippen molar-refractivity contribution in [1.29, 1.82) is 0 Å². The molecule has 1 fully saturated rings. The van der Waals surface area contributed by atoms with Crippen molar-refractivity contribution in [1.82, 2.24) is 5.32 Å². The summed E-state index contributed by atoms with van der Waals surface area (Å²) in [4.78, 5) is 0. The molecule has 3 heteroatoms. The zero-order valence-electron chi connectivity index (χ0n) is 11.0. The van der Waals surface area contributed by atoms with Crippen LogP contribution >= 0.6 is 15.9 Å². The van der Waals surface area contributed by atoms with Crippen molar-refractivity contribution in [3.05, 3.63) is 34.1 Å². The van der Waals surface area contributed by atoms with Crippen molar-refractivity contribution >= 4 is 15.9 Å². The maximum absolute atomic E-state index is 14.0. The summed E-state index contributed by atoms with van der Waals surface area (Å²) in [6.07, 6.45) is 3.34. The summed E-state index contributed by atoms with van der Waals surface area (Å²) < 4.78 is 14.8. The predicted octanol–water partition coefficient (Wildman–Crippen LogP) is 4.47. The van der Waals surface area contributed by atoms with Gasteiger partial charge in [0.25, 0.3) is 0 Å². The zero-order chi connectivity index (χ0) is 13.1. The van der Waals surface area contributed by atoms with Crippen LogP contribution in [-0.4, -0.2) is 12.6 Å². The first kappa shape index (κ1) is 14.0. The fraction of sp³-hybridized carbons (Fsp3) is 0.600. The Balaban J connectivity index is 2.06. The molecule has 0 aromatic heterocycles. The lowest BCUT2D eigenvalue weighted by atomic mass is 9.65. The summed E-state index contributed by atoms with van der Waals surface area (Å²) in [5.41, 5.74) is 0.889. The first-order valence-electron chi connectivity index (χ1n) is 6.85. The van der Waals surface area contributed by atoms with E-state index < -0.39 is 0 Å². The van der Waals surface area contributed by atoms with Crippen LogP contribution in [0.5, 0.6) is 0 Å². The van der Waals surface area contributed by atoms with Gasteiger partial charge in [0, 0.05) is 10.5 Å². The Labute approximate surface area is 117 Å². The third kappa shape index (κ3) is 2.77. The van der Waals surface area contributed by atoms with Gasteiger partial charge in [0.15, 0.2) is 0 Å². The molecular weight excluding hydrogens is 293 g/mol. The van der Waals surface area contributed by atoms with E-state index in [4.69, 9.17) is 0 Å². The number of hydrogen-bond acceptors (Lipinski definition) is 1. The Morgan fingerprint density at radius 1 is 1.39 bits per heavy atom. The van der Waals surface area contributed by atoms with Gasteiger partial charge in [-0.2, -0.15) is 0 Å². The third-order valence-electron chi connectivity index (χ3n) is 4.03. The lowest BCUT2D eigenvalue weighted by molar-refractivity contribution is 0.158. The van der Waals surface area contributed by atoms with Crippen LogP contribution in [0.15, 0.2) is 22.7 Å². The largest absolute Gasteiger partial charge is 0.314 e. The van der Waals surface area contributed by atoms with Gasteiger partial charge < -0.3 is 5.32 Å². The van der Waals surface area contributed by atoms with Crippen molar-refractivity contribution in [2.45, 2.75) is 45.1 Å². The molecule has 1 aromatic rings. The Morgan fingerprint density at radius 3 is 2.78 bits per heavy atom. The molecule has 1 aliphatic rings. The summed E-state index contributed by atoms with van der Waals surface area (Å²) >= 11 is 3.31. The van der Waals surface area contributed by atoms with E-state index in [1.807, 2.05) is 12.1 Å². The molecule has 2 rings (SSSR count). The molecule has 1 nitrogen and oxygen atoms in total. The van der Waals surface area contributed by atoms with Gasteiger partial charge >= 0.3 is 0 Å². The van der Waals surface area contributed by atoms with Crippen molar-refractivity contribution in [3.63, 3.8) is 0 Å². The Kier molecular flexibility index (Phi) is 4.79. The normalized spacial score (nSPS) is 27.0. The summed E-state index contributed by atoms with van der Waals surface area (Å²) in [6.45, 7) is 5.45. The van der Waals surface area contributed by atoms with E-state index in [1.165, 1.54) is 0 Å². The smallest absolute Gasteiger partial charge is 0.127 e. The summed E-state index contributed by atoms with van der Waals surface area (Å²) in [5, 5.41) is 3.57. The van der Waals surface area contributed by atoms with Gasteiger partial charge in [0.05, 0.1) is 0 Å². The van der Waals surface area contributed by atoms with Crippen LogP contribution < -0.4 is 5.32 Å². The minimum Gasteiger partial charge on any atom is -0.314 e. The molecule has 0 spiro atoms. The van der Waals surface area contributed by atoms with Gasteiger partial charge in [0.2, 0.25) is 0 Å². The van der Waals surface area contributed by atoms with E-state index in [0.717, 1.165) is 35.8 Å². The molecule has 0 heterocycles. The lowest BCUT2D eigenvalue weighted by Gasteiger charge is -2.45. The van der Waals surface area contributed by atoms with Crippen LogP contribution in [0.3, 0.4) is 0 Å². The highest BCUT2D eigenvalue weighted by Crippen LogP contribution is 2.45. The van der Waals surface area contributed by atoms with Crippen LogP contribution in [0.2, 0.25) is 0 Å². The molecule has 1 N–H and O–H groups in total. The zero-order valence-corrected chi connectivity index (χ0v) is 12.6. The second-order valence-corrected chi connectivity index (χ2v) is 6.06. The standard InChI is InChI=1S/C15H21BrFN/c1-3-7-18-15-9-13(11(15)4-2)12-6-5-10(16)8-14(12)17/h5-6,8,11,13,15,18H,3-4,7,9H2,1-2H3. The first-order valence-corrected chi connectivity index (χ1v) is 7.65. The number of hydrogen-bond donors (Lipinski definition) is 1. The van der Waals surface area contributed by atoms with E-state index in [9.17, 15) is 4.39 Å². The maximum atomic E-state index is 14.0. The highest BCUT2D eigenvalue weighted by atomic mass is 79.9. The van der Waals surface area contributed by atoms with Gasteiger partial charge in [-0.05, 0) is 48.9 Å². The molecule has 1 saturated carbocycles. The highest BCUT2D eigenvalue weighted by Gasteiger charge is 2.41. The molecule has 1 aliphatic carbocycles. The van der Waals surface area contributed by atoms with Gasteiger partial charge in [-0.15, -0.1) is 0 Å². The molecule has 1 aromatic carbocycles. The van der Waals surface area contributed by atoms with Gasteiger partial charge in [-0.25, -0.2) is 4.39 Å². The molecule has 3 atom stereocenters. The number of halogens is 2. The lowest BCUT2D eigenvalue weighted by Crippen LogP contribution is -2.49. The minimum atomic E-state index is -0.0678. The summed E-state index contributed by atoms with van der Waals surface area (Å²) in [5.74, 6) is 0.895. The molecule has 0 bridgehead atoms. The molecule has 0 radical (unpaired) electrons. The van der Waals surface area contributed by atoms with E-state index in [-0.39, 0.29) is 5.82 Å². The number of benzene rings is 1. The molecular formula is C15H21BrFN. The van der Waals surface area contributed by atoms with E-state index in [1.54, 1.807) is 6.07 Å². The monoisotopic (exact) mass is 313 g/mol. The highest BCUT2D eigenvalue weighted by molar-refractivity contribution is 9.10. The molecule has 100 valence electrons. The van der Waals surface area contributed by atoms with Crippen LogP contribution in [0.4, 0.5) is 4.39 Å². The molecule has 0 aliphatic heterocycles. The van der Waals surface area contributed by atoms with Crippen LogP contribution in [-0.2, 0) is 0 Å². The molecule has 3 unspecified atom stereocenters. The van der Waals surface area contributed by atoms with E-state index in [0.29, 0.717) is 17.9 Å². The van der Waals surface area contributed by atoms with E-state index in [2.05, 4.69) is 35.1 Å².